The van der Waals surface area contributed by atoms with Gasteiger partial charge >= 0.3 is 17.8 Å². The number of anilines is 1. The average Bonchev–Trinajstić information content (AvgIpc) is 2.34. The number of hydrogen-bond donors (Lipinski definition) is 1. The van der Waals surface area contributed by atoms with Crippen molar-refractivity contribution < 1.29 is 31.6 Å². The highest BCUT2D eigenvalue weighted by atomic mass is 19.4. The van der Waals surface area contributed by atoms with Crippen LogP contribution in [0.4, 0.5) is 33.6 Å². The Kier molecular flexibility index (Phi) is 4.25. The third-order valence-corrected chi connectivity index (χ3v) is 1.96. The fraction of sp³-hybridized carbons (Fsp3) is 0.500. The zero-order valence-electron chi connectivity index (χ0n) is 9.74. The molecule has 0 amide bonds. The van der Waals surface area contributed by atoms with Crippen molar-refractivity contribution in [3.05, 3.63) is 16.3 Å². The van der Waals surface area contributed by atoms with Crippen LogP contribution in [0.5, 0.6) is 5.88 Å². The van der Waals surface area contributed by atoms with Crippen LogP contribution >= 0.6 is 0 Å². The number of ether oxygens (including phenoxy) is 1. The molecule has 1 aromatic heterocycles. The first-order valence-electron chi connectivity index (χ1n) is 4.85. The van der Waals surface area contributed by atoms with Gasteiger partial charge in [-0.1, -0.05) is 0 Å². The summed E-state index contributed by atoms with van der Waals surface area (Å²) >= 11 is 0. The largest absolute Gasteiger partial charge is 0.466 e. The number of alkyl halides is 5. The molecule has 12 heteroatoms. The van der Waals surface area contributed by atoms with Crippen LogP contribution in [-0.2, 0) is 0 Å². The van der Waals surface area contributed by atoms with Gasteiger partial charge in [0.2, 0.25) is 5.95 Å². The second-order valence-electron chi connectivity index (χ2n) is 3.38. The Morgan fingerprint density at radius 2 is 2.00 bits per heavy atom. The number of hydrogen-bond acceptors (Lipinski definition) is 6. The molecule has 0 aliphatic heterocycles. The Balaban J connectivity index is 2.99. The van der Waals surface area contributed by atoms with E-state index in [4.69, 9.17) is 0 Å². The predicted molar refractivity (Wildman–Crippen MR) is 54.7 cm³/mol. The van der Waals surface area contributed by atoms with Crippen molar-refractivity contribution in [2.24, 2.45) is 0 Å². The normalized spacial score (nSPS) is 12.1. The van der Waals surface area contributed by atoms with Crippen molar-refractivity contribution in [1.82, 2.24) is 9.97 Å². The first kappa shape index (κ1) is 15.8. The molecular formula is C8H7F5N4O3. The van der Waals surface area contributed by atoms with Crippen molar-refractivity contribution >= 4 is 11.6 Å². The standard InChI is InChI=1S/C8H7F5N4O3/c1-14-6-15-2-4(17(18)19)5(16-6)20-3-7(9,10)8(11,12)13/h2H,3H2,1H3,(H,14,15,16). The summed E-state index contributed by atoms with van der Waals surface area (Å²) in [6.07, 6.45) is -5.21. The number of aromatic nitrogens is 2. The van der Waals surface area contributed by atoms with Crippen LogP contribution in [-0.4, -0.2) is 40.6 Å². The molecule has 1 aromatic rings. The van der Waals surface area contributed by atoms with Crippen LogP contribution in [0.15, 0.2) is 6.20 Å². The molecule has 0 spiro atoms. The Hall–Kier alpha value is -2.27. The smallest absolute Gasteiger partial charge is 0.456 e. The summed E-state index contributed by atoms with van der Waals surface area (Å²) in [4.78, 5) is 16.2. The number of nitro groups is 1. The number of nitrogens with zero attached hydrogens (tertiary/aromatic N) is 3. The molecule has 0 aliphatic carbocycles. The molecule has 7 nitrogen and oxygen atoms in total. The minimum atomic E-state index is -5.83. The van der Waals surface area contributed by atoms with Gasteiger partial charge in [0.25, 0.3) is 5.88 Å². The molecule has 20 heavy (non-hydrogen) atoms. The Labute approximate surface area is 107 Å². The molecule has 0 saturated carbocycles. The molecule has 0 bridgehead atoms. The number of rotatable bonds is 5. The van der Waals surface area contributed by atoms with E-state index < -0.39 is 35.2 Å². The first-order chi connectivity index (χ1) is 9.08. The number of nitrogens with one attached hydrogen (secondary N) is 1. The Morgan fingerprint density at radius 3 is 2.45 bits per heavy atom. The lowest BCUT2D eigenvalue weighted by molar-refractivity contribution is -0.386. The summed E-state index contributed by atoms with van der Waals surface area (Å²) in [5.74, 6) is -6.38. The summed E-state index contributed by atoms with van der Waals surface area (Å²) in [6, 6.07) is 0. The van der Waals surface area contributed by atoms with Crippen LogP contribution in [0.1, 0.15) is 0 Å². The molecule has 0 saturated heterocycles. The van der Waals surface area contributed by atoms with E-state index in [9.17, 15) is 32.1 Å². The minimum absolute atomic E-state index is 0.235. The Morgan fingerprint density at radius 1 is 1.40 bits per heavy atom. The SMILES string of the molecule is CNc1ncc([N+](=O)[O-])c(OCC(F)(F)C(F)(F)F)n1. The number of halogens is 5. The molecule has 112 valence electrons. The molecule has 0 unspecified atom stereocenters. The Bertz CT molecular complexity index is 507. The molecule has 1 rings (SSSR count). The van der Waals surface area contributed by atoms with E-state index in [2.05, 4.69) is 20.0 Å². The van der Waals surface area contributed by atoms with Gasteiger partial charge in [-0.3, -0.25) is 10.1 Å². The first-order valence-corrected chi connectivity index (χ1v) is 4.85. The van der Waals surface area contributed by atoms with Gasteiger partial charge in [0.1, 0.15) is 6.20 Å². The van der Waals surface area contributed by atoms with Crippen LogP contribution in [0.3, 0.4) is 0 Å². The van der Waals surface area contributed by atoms with Gasteiger partial charge in [0.15, 0.2) is 6.61 Å². The van der Waals surface area contributed by atoms with Crippen LogP contribution in [0.2, 0.25) is 0 Å². The summed E-state index contributed by atoms with van der Waals surface area (Å²) in [7, 11) is 1.31. The fourth-order valence-corrected chi connectivity index (χ4v) is 0.953. The van der Waals surface area contributed by atoms with Gasteiger partial charge < -0.3 is 10.1 Å². The maximum Gasteiger partial charge on any atom is 0.456 e. The van der Waals surface area contributed by atoms with E-state index in [-0.39, 0.29) is 5.95 Å². The van der Waals surface area contributed by atoms with Crippen molar-refractivity contribution in [1.29, 1.82) is 0 Å². The van der Waals surface area contributed by atoms with Crippen molar-refractivity contribution in [2.45, 2.75) is 12.1 Å². The van der Waals surface area contributed by atoms with Gasteiger partial charge in [-0.25, -0.2) is 4.98 Å². The maximum atomic E-state index is 12.7. The van der Waals surface area contributed by atoms with Crippen molar-refractivity contribution in [3.63, 3.8) is 0 Å². The van der Waals surface area contributed by atoms with Gasteiger partial charge in [-0.2, -0.15) is 26.9 Å². The molecule has 0 aliphatic rings. The minimum Gasteiger partial charge on any atom is -0.466 e. The van der Waals surface area contributed by atoms with E-state index in [1.165, 1.54) is 7.05 Å². The summed E-state index contributed by atoms with van der Waals surface area (Å²) < 4.78 is 65.2. The van der Waals surface area contributed by atoms with Crippen molar-refractivity contribution in [2.75, 3.05) is 19.0 Å². The third-order valence-electron chi connectivity index (χ3n) is 1.96. The quantitative estimate of drug-likeness (QED) is 0.508. The maximum absolute atomic E-state index is 12.7. The summed E-state index contributed by atoms with van der Waals surface area (Å²) in [5.41, 5.74) is -0.929. The van der Waals surface area contributed by atoms with E-state index in [1.807, 2.05) is 0 Å². The second kappa shape index (κ2) is 5.38. The molecule has 0 atom stereocenters. The van der Waals surface area contributed by atoms with Gasteiger partial charge in [0.05, 0.1) is 4.92 Å². The van der Waals surface area contributed by atoms with E-state index in [0.29, 0.717) is 6.20 Å². The molecule has 1 heterocycles. The molecule has 0 fully saturated rings. The fourth-order valence-electron chi connectivity index (χ4n) is 0.953. The lowest BCUT2D eigenvalue weighted by atomic mass is 10.3. The van der Waals surface area contributed by atoms with Crippen LogP contribution < -0.4 is 10.1 Å². The van der Waals surface area contributed by atoms with Crippen LogP contribution in [0, 0.1) is 10.1 Å². The molecule has 0 aromatic carbocycles. The van der Waals surface area contributed by atoms with Crippen molar-refractivity contribution in [3.8, 4) is 5.88 Å². The van der Waals surface area contributed by atoms with Gasteiger partial charge in [-0.15, -0.1) is 0 Å². The average molecular weight is 302 g/mol. The molecular weight excluding hydrogens is 295 g/mol. The molecule has 0 radical (unpaired) electrons. The summed E-state index contributed by atoms with van der Waals surface area (Å²) in [6.45, 7) is -2.13. The zero-order valence-corrected chi connectivity index (χ0v) is 9.74. The van der Waals surface area contributed by atoms with E-state index in [0.717, 1.165) is 0 Å². The molecule has 1 N–H and O–H groups in total. The van der Waals surface area contributed by atoms with Gasteiger partial charge in [0, 0.05) is 7.05 Å². The van der Waals surface area contributed by atoms with E-state index in [1.54, 1.807) is 0 Å². The highest BCUT2D eigenvalue weighted by molar-refractivity contribution is 5.42. The monoisotopic (exact) mass is 302 g/mol. The highest BCUT2D eigenvalue weighted by Gasteiger charge is 2.58. The summed E-state index contributed by atoms with van der Waals surface area (Å²) in [5, 5.41) is 12.9. The highest BCUT2D eigenvalue weighted by Crippen LogP contribution is 2.36. The second-order valence-corrected chi connectivity index (χ2v) is 3.38. The van der Waals surface area contributed by atoms with Gasteiger partial charge in [-0.05, 0) is 0 Å². The van der Waals surface area contributed by atoms with Crippen LogP contribution in [0.25, 0.3) is 0 Å². The lowest BCUT2D eigenvalue weighted by Gasteiger charge is -2.19. The predicted octanol–water partition coefficient (Wildman–Crippen LogP) is 2.00. The third kappa shape index (κ3) is 3.39. The zero-order chi connectivity index (χ0) is 15.6. The lowest BCUT2D eigenvalue weighted by Crippen LogP contribution is -2.41. The van der Waals surface area contributed by atoms with E-state index >= 15 is 0 Å². The topological polar surface area (TPSA) is 90.2 Å².